The zero-order valence-corrected chi connectivity index (χ0v) is 30.7. The number of fused-ring (bicyclic) bond motifs is 3. The Morgan fingerprint density at radius 3 is 1.30 bits per heavy atom. The second-order valence-electron chi connectivity index (χ2n) is 14.0. The van der Waals surface area contributed by atoms with Gasteiger partial charge in [-0.1, -0.05) is 152 Å². The van der Waals surface area contributed by atoms with Crippen molar-refractivity contribution in [2.75, 3.05) is 4.90 Å². The Hall–Kier alpha value is -7.49. The van der Waals surface area contributed by atoms with Crippen LogP contribution >= 0.6 is 0 Å². The smallest absolute Gasteiger partial charge is 0.0715 e. The van der Waals surface area contributed by atoms with Crippen molar-refractivity contribution in [1.29, 1.82) is 0 Å². The summed E-state index contributed by atoms with van der Waals surface area (Å²) in [6.07, 6.45) is 0. The Bertz CT molecular complexity index is 2820. The maximum atomic E-state index is 5.06. The van der Waals surface area contributed by atoms with Crippen molar-refractivity contribution in [1.82, 2.24) is 9.55 Å². The molecule has 56 heavy (non-hydrogen) atoms. The highest BCUT2D eigenvalue weighted by atomic mass is 15.1. The van der Waals surface area contributed by atoms with Crippen LogP contribution in [0, 0.1) is 0 Å². The van der Waals surface area contributed by atoms with E-state index >= 15 is 0 Å². The zero-order chi connectivity index (χ0) is 37.3. The molecular weight excluding hydrogens is 679 g/mol. The predicted octanol–water partition coefficient (Wildman–Crippen LogP) is 14.3. The first-order chi connectivity index (χ1) is 27.8. The number of aromatic nitrogens is 2. The van der Waals surface area contributed by atoms with E-state index < -0.39 is 0 Å². The van der Waals surface area contributed by atoms with Crippen LogP contribution in [-0.2, 0) is 0 Å². The van der Waals surface area contributed by atoms with Gasteiger partial charge in [-0.05, 0) is 95.1 Å². The van der Waals surface area contributed by atoms with Crippen LogP contribution in [0.25, 0.3) is 72.3 Å². The summed E-state index contributed by atoms with van der Waals surface area (Å²) in [5.74, 6) is 0. The molecule has 2 heterocycles. The van der Waals surface area contributed by atoms with Gasteiger partial charge in [0.05, 0.1) is 22.4 Å². The molecule has 0 aliphatic rings. The number of benzene rings is 8. The minimum absolute atomic E-state index is 0.965. The maximum absolute atomic E-state index is 5.06. The van der Waals surface area contributed by atoms with Gasteiger partial charge >= 0.3 is 0 Å². The summed E-state index contributed by atoms with van der Waals surface area (Å²) in [6, 6.07) is 79.8. The van der Waals surface area contributed by atoms with E-state index in [0.717, 1.165) is 56.4 Å². The van der Waals surface area contributed by atoms with Crippen LogP contribution in [0.3, 0.4) is 0 Å². The Labute approximate surface area is 327 Å². The fourth-order valence-corrected chi connectivity index (χ4v) is 7.85. The number of pyridine rings is 1. The lowest BCUT2D eigenvalue weighted by molar-refractivity contribution is 1.18. The molecule has 10 rings (SSSR count). The summed E-state index contributed by atoms with van der Waals surface area (Å²) in [4.78, 5) is 7.39. The summed E-state index contributed by atoms with van der Waals surface area (Å²) >= 11 is 0. The number of hydrogen-bond donors (Lipinski definition) is 0. The quantitative estimate of drug-likeness (QED) is 0.156. The second kappa shape index (κ2) is 14.4. The Kier molecular flexibility index (Phi) is 8.51. The number of hydrogen-bond acceptors (Lipinski definition) is 2. The zero-order valence-electron chi connectivity index (χ0n) is 30.7. The van der Waals surface area contributed by atoms with E-state index in [4.69, 9.17) is 4.98 Å². The van der Waals surface area contributed by atoms with Gasteiger partial charge in [-0.3, -0.25) is 0 Å². The molecule has 3 nitrogen and oxygen atoms in total. The fraction of sp³-hybridized carbons (Fsp3) is 0. The summed E-state index contributed by atoms with van der Waals surface area (Å²) in [5.41, 5.74) is 15.7. The molecule has 8 aromatic carbocycles. The third kappa shape index (κ3) is 6.21. The maximum Gasteiger partial charge on any atom is 0.0715 e. The van der Waals surface area contributed by atoms with Crippen LogP contribution in [0.2, 0.25) is 0 Å². The molecule has 0 aliphatic heterocycles. The fourth-order valence-electron chi connectivity index (χ4n) is 7.85. The van der Waals surface area contributed by atoms with Gasteiger partial charge in [0.1, 0.15) is 0 Å². The molecule has 2 aromatic heterocycles. The normalized spacial score (nSPS) is 11.2. The Morgan fingerprint density at radius 1 is 0.304 bits per heavy atom. The lowest BCUT2D eigenvalue weighted by atomic mass is 9.97. The van der Waals surface area contributed by atoms with Crippen LogP contribution in [0.5, 0.6) is 0 Å². The van der Waals surface area contributed by atoms with Crippen LogP contribution in [0.1, 0.15) is 0 Å². The third-order valence-corrected chi connectivity index (χ3v) is 10.6. The predicted molar refractivity (Wildman–Crippen MR) is 235 cm³/mol. The van der Waals surface area contributed by atoms with E-state index in [1.165, 1.54) is 32.9 Å². The van der Waals surface area contributed by atoms with E-state index in [1.54, 1.807) is 0 Å². The molecule has 0 bridgehead atoms. The first-order valence-electron chi connectivity index (χ1n) is 19.0. The average molecular weight is 716 g/mol. The van der Waals surface area contributed by atoms with Crippen molar-refractivity contribution in [2.45, 2.75) is 0 Å². The van der Waals surface area contributed by atoms with Crippen molar-refractivity contribution in [3.05, 3.63) is 224 Å². The van der Waals surface area contributed by atoms with Gasteiger partial charge in [-0.25, -0.2) is 4.98 Å². The largest absolute Gasteiger partial charge is 0.310 e. The lowest BCUT2D eigenvalue weighted by Gasteiger charge is -2.25. The van der Waals surface area contributed by atoms with Crippen molar-refractivity contribution >= 4 is 38.9 Å². The standard InChI is InChI=1S/C53H37N3/c1-5-15-41(16-6-1)50-35-43(36-51(54-50)42-17-7-2-8-18-42)40-27-25-38(26-28-40)39-29-31-46(32-30-39)56-52-24-14-13-23-48(52)49-37-47(33-34-53(49)56)55(44-19-9-3-10-20-44)45-21-11-4-12-22-45/h1-37H. The number of anilines is 3. The van der Waals surface area contributed by atoms with Gasteiger partial charge in [-0.15, -0.1) is 0 Å². The molecule has 0 amide bonds. The van der Waals surface area contributed by atoms with Gasteiger partial charge in [-0.2, -0.15) is 0 Å². The van der Waals surface area contributed by atoms with Crippen molar-refractivity contribution in [2.24, 2.45) is 0 Å². The van der Waals surface area contributed by atoms with Crippen LogP contribution in [0.15, 0.2) is 224 Å². The molecule has 10 aromatic rings. The minimum Gasteiger partial charge on any atom is -0.310 e. The summed E-state index contributed by atoms with van der Waals surface area (Å²) in [5, 5.41) is 2.45. The topological polar surface area (TPSA) is 21.1 Å². The second-order valence-corrected chi connectivity index (χ2v) is 14.0. The van der Waals surface area contributed by atoms with Gasteiger partial charge < -0.3 is 9.47 Å². The highest BCUT2D eigenvalue weighted by Crippen LogP contribution is 2.40. The van der Waals surface area contributed by atoms with Crippen LogP contribution in [0.4, 0.5) is 17.1 Å². The Morgan fingerprint density at radius 2 is 0.750 bits per heavy atom. The number of rotatable bonds is 8. The Balaban J connectivity index is 0.993. The van der Waals surface area contributed by atoms with Crippen molar-refractivity contribution in [3.63, 3.8) is 0 Å². The average Bonchev–Trinajstić information content (AvgIpc) is 3.61. The molecule has 3 heteroatoms. The van der Waals surface area contributed by atoms with Crippen molar-refractivity contribution < 1.29 is 0 Å². The van der Waals surface area contributed by atoms with Gasteiger partial charge in [0, 0.05) is 44.6 Å². The molecule has 0 spiro atoms. The van der Waals surface area contributed by atoms with Crippen LogP contribution < -0.4 is 4.90 Å². The van der Waals surface area contributed by atoms with Gasteiger partial charge in [0.15, 0.2) is 0 Å². The van der Waals surface area contributed by atoms with E-state index in [-0.39, 0.29) is 0 Å². The third-order valence-electron chi connectivity index (χ3n) is 10.6. The summed E-state index contributed by atoms with van der Waals surface area (Å²) in [7, 11) is 0. The molecule has 0 N–H and O–H groups in total. The highest BCUT2D eigenvalue weighted by molar-refractivity contribution is 6.10. The van der Waals surface area contributed by atoms with Gasteiger partial charge in [0.25, 0.3) is 0 Å². The molecule has 0 unspecified atom stereocenters. The summed E-state index contributed by atoms with van der Waals surface area (Å²) in [6.45, 7) is 0. The molecule has 0 saturated carbocycles. The van der Waals surface area contributed by atoms with Gasteiger partial charge in [0.2, 0.25) is 0 Å². The first-order valence-corrected chi connectivity index (χ1v) is 19.0. The van der Waals surface area contributed by atoms with Crippen molar-refractivity contribution in [3.8, 4) is 50.5 Å². The van der Waals surface area contributed by atoms with E-state index in [1.807, 2.05) is 12.1 Å². The highest BCUT2D eigenvalue weighted by Gasteiger charge is 2.17. The minimum atomic E-state index is 0.965. The van der Waals surface area contributed by atoms with Crippen LogP contribution in [-0.4, -0.2) is 9.55 Å². The van der Waals surface area contributed by atoms with E-state index in [2.05, 4.69) is 222 Å². The molecule has 264 valence electrons. The number of para-hydroxylation sites is 3. The van der Waals surface area contributed by atoms with E-state index in [0.29, 0.717) is 0 Å². The molecule has 0 fully saturated rings. The SMILES string of the molecule is c1ccc(-c2cc(-c3ccc(-c4ccc(-n5c6ccccc6c6cc(N(c7ccccc7)c7ccccc7)ccc65)cc4)cc3)cc(-c3ccccc3)n2)cc1. The summed E-state index contributed by atoms with van der Waals surface area (Å²) < 4.78 is 2.38. The first kappa shape index (κ1) is 33.1. The lowest BCUT2D eigenvalue weighted by Crippen LogP contribution is -2.09. The molecule has 0 saturated heterocycles. The van der Waals surface area contributed by atoms with E-state index in [9.17, 15) is 0 Å². The molecule has 0 radical (unpaired) electrons. The monoisotopic (exact) mass is 715 g/mol. The number of nitrogens with zero attached hydrogens (tertiary/aromatic N) is 3. The molecular formula is C53H37N3. The molecule has 0 aliphatic carbocycles. The molecule has 0 atom stereocenters.